The van der Waals surface area contributed by atoms with Crippen molar-refractivity contribution < 1.29 is 28.4 Å². The van der Waals surface area contributed by atoms with Crippen molar-refractivity contribution in [2.75, 3.05) is 12.1 Å². The molecule has 2 fully saturated rings. The van der Waals surface area contributed by atoms with Gasteiger partial charge in [-0.2, -0.15) is 0 Å². The van der Waals surface area contributed by atoms with Crippen molar-refractivity contribution in [2.24, 2.45) is 0 Å². The summed E-state index contributed by atoms with van der Waals surface area (Å²) >= 11 is 0. The summed E-state index contributed by atoms with van der Waals surface area (Å²) in [6, 6.07) is -0.893. The number of hydrogen-bond donors (Lipinski definition) is 3. The molecule has 0 unspecified atom stereocenters. The number of fused-ring (bicyclic) bond motifs is 1. The lowest BCUT2D eigenvalue weighted by atomic mass is 9.97. The zero-order valence-corrected chi connectivity index (χ0v) is 25.4. The molecule has 13 nitrogen and oxygen atoms in total. The maximum absolute atomic E-state index is 14.3. The molecule has 2 saturated carbocycles. The quantitative estimate of drug-likeness (QED) is 0.228. The van der Waals surface area contributed by atoms with Gasteiger partial charge in [0.2, 0.25) is 7.44 Å². The fourth-order valence-electron chi connectivity index (χ4n) is 5.31. The minimum atomic E-state index is -3.70. The lowest BCUT2D eigenvalue weighted by molar-refractivity contribution is -0.156. The molecule has 3 atom stereocenters. The van der Waals surface area contributed by atoms with Crippen LogP contribution in [0.3, 0.4) is 0 Å². The number of ether oxygens (including phenoxy) is 3. The molecule has 41 heavy (non-hydrogen) atoms. The van der Waals surface area contributed by atoms with Crippen molar-refractivity contribution in [3.05, 3.63) is 12.7 Å². The number of hydrogen-bond acceptors (Lipinski definition) is 10. The Hall–Kier alpha value is -2.60. The molecule has 0 radical (unpaired) electrons. The number of aromatic nitrogens is 4. The van der Waals surface area contributed by atoms with Crippen molar-refractivity contribution >= 4 is 36.4 Å². The minimum Gasteiger partial charge on any atom is -0.461 e. The average Bonchev–Trinajstić information content (AvgIpc) is 3.58. The normalized spacial score (nSPS) is 20.0. The molecule has 0 spiro atoms. The number of imidazole rings is 1. The molecule has 2 heterocycles. The van der Waals surface area contributed by atoms with Gasteiger partial charge in [-0.15, -0.1) is 0 Å². The zero-order valence-electron chi connectivity index (χ0n) is 24.5. The van der Waals surface area contributed by atoms with Crippen LogP contribution in [-0.2, 0) is 34.9 Å². The second kappa shape index (κ2) is 13.6. The largest absolute Gasteiger partial charge is 0.461 e. The predicted molar refractivity (Wildman–Crippen MR) is 154 cm³/mol. The molecule has 0 bridgehead atoms. The summed E-state index contributed by atoms with van der Waals surface area (Å²) in [6.07, 6.45) is 10.5. The van der Waals surface area contributed by atoms with Gasteiger partial charge in [-0.3, -0.25) is 14.2 Å². The highest BCUT2D eigenvalue weighted by Crippen LogP contribution is 2.41. The fourth-order valence-corrected chi connectivity index (χ4v) is 7.71. The molecule has 2 aromatic heterocycles. The second-order valence-corrected chi connectivity index (χ2v) is 14.0. The molecule has 2 aliphatic carbocycles. The summed E-state index contributed by atoms with van der Waals surface area (Å²) in [5, 5.41) is 5.88. The molecule has 4 N–H and O–H groups in total. The fraction of sp³-hybridized carbons (Fsp3) is 0.741. The average molecular weight is 594 g/mol. The van der Waals surface area contributed by atoms with Crippen molar-refractivity contribution in [1.29, 1.82) is 0 Å². The molecule has 2 aromatic rings. The van der Waals surface area contributed by atoms with E-state index < -0.39 is 37.1 Å². The first kappa shape index (κ1) is 31.3. The molecule has 14 heteroatoms. The highest BCUT2D eigenvalue weighted by atomic mass is 31.2. The molecule has 0 aliphatic heterocycles. The van der Waals surface area contributed by atoms with E-state index in [-0.39, 0.29) is 24.4 Å². The predicted octanol–water partition coefficient (Wildman–Crippen LogP) is 3.67. The lowest BCUT2D eigenvalue weighted by Crippen LogP contribution is -2.51. The SMILES string of the molecule is C[C@H](Cn1cnc2c(N)ncnc21)OC[P@](=O)(N[C@H](C)C(=O)OC1CCCC1)NC(C)(C)C(=O)OC1CCCCC1. The number of nitrogens with one attached hydrogen (secondary N) is 2. The van der Waals surface area contributed by atoms with Crippen molar-refractivity contribution in [3.8, 4) is 0 Å². The molecule has 0 saturated heterocycles. The van der Waals surface area contributed by atoms with Gasteiger partial charge in [-0.1, -0.05) is 6.42 Å². The van der Waals surface area contributed by atoms with E-state index >= 15 is 0 Å². The Balaban J connectivity index is 1.44. The van der Waals surface area contributed by atoms with Crippen LogP contribution < -0.4 is 15.9 Å². The van der Waals surface area contributed by atoms with E-state index in [2.05, 4.69) is 25.1 Å². The Bertz CT molecular complexity index is 1240. The van der Waals surface area contributed by atoms with E-state index in [0.29, 0.717) is 17.7 Å². The van der Waals surface area contributed by atoms with Gasteiger partial charge in [-0.05, 0) is 79.1 Å². The van der Waals surface area contributed by atoms with E-state index in [1.165, 1.54) is 6.33 Å². The summed E-state index contributed by atoms with van der Waals surface area (Å²) < 4.78 is 33.5. The van der Waals surface area contributed by atoms with Crippen LogP contribution in [0.1, 0.15) is 85.5 Å². The topological polar surface area (TPSA) is 173 Å². The first-order valence-electron chi connectivity index (χ1n) is 14.6. The zero-order chi connectivity index (χ0) is 29.6. The Morgan fingerprint density at radius 1 is 1.05 bits per heavy atom. The number of esters is 2. The first-order valence-corrected chi connectivity index (χ1v) is 16.5. The maximum atomic E-state index is 14.3. The van der Waals surface area contributed by atoms with Gasteiger partial charge < -0.3 is 24.5 Å². The van der Waals surface area contributed by atoms with Crippen LogP contribution >= 0.6 is 7.44 Å². The van der Waals surface area contributed by atoms with Gasteiger partial charge in [0, 0.05) is 0 Å². The van der Waals surface area contributed by atoms with Crippen LogP contribution in [0.2, 0.25) is 0 Å². The maximum Gasteiger partial charge on any atom is 0.326 e. The van der Waals surface area contributed by atoms with Gasteiger partial charge in [0.1, 0.15) is 42.0 Å². The third-order valence-electron chi connectivity index (χ3n) is 7.56. The lowest BCUT2D eigenvalue weighted by Gasteiger charge is -2.34. The number of nitrogen functional groups attached to an aromatic ring is 1. The van der Waals surface area contributed by atoms with Crippen LogP contribution in [-0.4, -0.2) is 67.7 Å². The van der Waals surface area contributed by atoms with Crippen molar-refractivity contribution in [3.63, 3.8) is 0 Å². The van der Waals surface area contributed by atoms with Gasteiger partial charge in [0.25, 0.3) is 0 Å². The van der Waals surface area contributed by atoms with Gasteiger partial charge >= 0.3 is 11.9 Å². The number of nitrogens with zero attached hydrogens (tertiary/aromatic N) is 4. The summed E-state index contributed by atoms with van der Waals surface area (Å²) in [5.41, 5.74) is 5.63. The Morgan fingerprint density at radius 2 is 1.68 bits per heavy atom. The monoisotopic (exact) mass is 593 g/mol. The van der Waals surface area contributed by atoms with E-state index in [1.807, 2.05) is 6.92 Å². The van der Waals surface area contributed by atoms with Gasteiger partial charge in [0.15, 0.2) is 11.5 Å². The first-order chi connectivity index (χ1) is 19.5. The second-order valence-electron chi connectivity index (χ2n) is 11.8. The van der Waals surface area contributed by atoms with Gasteiger partial charge in [0.05, 0.1) is 19.0 Å². The third-order valence-corrected chi connectivity index (χ3v) is 9.80. The van der Waals surface area contributed by atoms with Crippen LogP contribution in [0.5, 0.6) is 0 Å². The minimum absolute atomic E-state index is 0.125. The molecular weight excluding hydrogens is 549 g/mol. The molecule has 228 valence electrons. The van der Waals surface area contributed by atoms with Crippen molar-refractivity contribution in [1.82, 2.24) is 29.7 Å². The molecule has 0 aromatic carbocycles. The number of carbonyl (C=O) groups is 2. The number of anilines is 1. The Kier molecular flexibility index (Phi) is 10.4. The number of rotatable bonds is 13. The number of carbonyl (C=O) groups excluding carboxylic acids is 2. The standard InChI is InChI=1S/C27H44N7O6P/c1-18(14-34-16-31-22-23(28)29-15-30-24(22)34)38-17-41(37,32-19(2)25(35)39-20-12-8-9-13-20)33-27(3,4)26(36)40-21-10-6-5-7-11-21/h15-16,18-21H,5-14,17H2,1-4H3,(H2,28,29,30)(H2,32,33,37)/t18-,19-,41+/m1/s1. The number of nitrogens with two attached hydrogens (primary N) is 1. The van der Waals surface area contributed by atoms with E-state index in [4.69, 9.17) is 19.9 Å². The molecular formula is C27H44N7O6P. The summed E-state index contributed by atoms with van der Waals surface area (Å²) in [6.45, 7) is 7.02. The highest BCUT2D eigenvalue weighted by molar-refractivity contribution is 7.59. The summed E-state index contributed by atoms with van der Waals surface area (Å²) in [4.78, 5) is 38.5. The van der Waals surface area contributed by atoms with Crippen LogP contribution in [0.4, 0.5) is 5.82 Å². The third kappa shape index (κ3) is 8.47. The van der Waals surface area contributed by atoms with Crippen molar-refractivity contribution in [2.45, 2.75) is 122 Å². The summed E-state index contributed by atoms with van der Waals surface area (Å²) in [7, 11) is -3.70. The van der Waals surface area contributed by atoms with E-state index in [9.17, 15) is 14.2 Å². The molecule has 4 rings (SSSR count). The summed E-state index contributed by atoms with van der Waals surface area (Å²) in [5.74, 6) is -0.708. The Morgan fingerprint density at radius 3 is 2.37 bits per heavy atom. The van der Waals surface area contributed by atoms with Crippen LogP contribution in [0, 0.1) is 0 Å². The smallest absolute Gasteiger partial charge is 0.326 e. The van der Waals surface area contributed by atoms with Crippen LogP contribution in [0.25, 0.3) is 11.2 Å². The van der Waals surface area contributed by atoms with E-state index in [1.54, 1.807) is 31.7 Å². The van der Waals surface area contributed by atoms with E-state index in [0.717, 1.165) is 57.8 Å². The molecule has 2 aliphatic rings. The van der Waals surface area contributed by atoms with Crippen LogP contribution in [0.15, 0.2) is 12.7 Å². The highest BCUT2D eigenvalue weighted by Gasteiger charge is 2.40. The Labute approximate surface area is 241 Å². The van der Waals surface area contributed by atoms with Gasteiger partial charge in [-0.25, -0.2) is 25.1 Å². The molecule has 0 amide bonds.